The number of carbonyl (C=O) groups excluding carboxylic acids is 1. The maximum Gasteiger partial charge on any atom is 0.249 e. The molecule has 1 amide bonds. The Hall–Kier alpha value is -3.66. The Kier molecular flexibility index (Phi) is 6.50. The summed E-state index contributed by atoms with van der Waals surface area (Å²) in [5.41, 5.74) is 1.13. The predicted molar refractivity (Wildman–Crippen MR) is 119 cm³/mol. The molecule has 1 N–H and O–H groups in total. The number of hydrogen-bond acceptors (Lipinski definition) is 6. The van der Waals surface area contributed by atoms with Gasteiger partial charge in [-0.15, -0.1) is 5.10 Å². The van der Waals surface area contributed by atoms with Crippen LogP contribution in [0.1, 0.15) is 17.4 Å². The number of benzene rings is 2. The largest absolute Gasteiger partial charge is 0.439 e. The number of nitrogens with one attached hydrogen (secondary N) is 1. The van der Waals surface area contributed by atoms with Crippen molar-refractivity contribution in [2.24, 2.45) is 0 Å². The van der Waals surface area contributed by atoms with Crippen molar-refractivity contribution in [3.8, 4) is 11.6 Å². The summed E-state index contributed by atoms with van der Waals surface area (Å²) in [5, 5.41) is 14.2. The van der Waals surface area contributed by atoms with E-state index < -0.39 is 6.04 Å². The molecule has 0 saturated heterocycles. The van der Waals surface area contributed by atoms with Crippen LogP contribution >= 0.6 is 15.9 Å². The third-order valence-corrected chi connectivity index (χ3v) is 5.09. The van der Waals surface area contributed by atoms with Gasteiger partial charge in [-0.3, -0.25) is 4.79 Å². The van der Waals surface area contributed by atoms with Gasteiger partial charge in [-0.2, -0.15) is 0 Å². The maximum absolute atomic E-state index is 13.6. The van der Waals surface area contributed by atoms with E-state index in [0.29, 0.717) is 28.7 Å². The Bertz CT molecular complexity index is 1230. The lowest BCUT2D eigenvalue weighted by Gasteiger charge is -2.17. The van der Waals surface area contributed by atoms with Gasteiger partial charge in [0.1, 0.15) is 23.4 Å². The van der Waals surface area contributed by atoms with Crippen LogP contribution < -0.4 is 10.1 Å². The molecule has 10 heteroatoms. The molecule has 2 heterocycles. The minimum atomic E-state index is -0.774. The van der Waals surface area contributed by atoms with E-state index >= 15 is 0 Å². The van der Waals surface area contributed by atoms with Gasteiger partial charge in [0.15, 0.2) is 0 Å². The fraction of sp³-hybridized carbons (Fsp3) is 0.136. The van der Waals surface area contributed by atoms with Crippen LogP contribution in [0.4, 0.5) is 10.1 Å². The van der Waals surface area contributed by atoms with Crippen molar-refractivity contribution in [3.05, 3.63) is 88.5 Å². The van der Waals surface area contributed by atoms with Gasteiger partial charge in [0.2, 0.25) is 11.8 Å². The molecule has 4 aromatic rings. The molecule has 2 aromatic carbocycles. The Labute approximate surface area is 191 Å². The molecule has 8 nitrogen and oxygen atoms in total. The first kappa shape index (κ1) is 21.6. The molecular weight excluding hydrogens is 479 g/mol. The smallest absolute Gasteiger partial charge is 0.249 e. The van der Waals surface area contributed by atoms with Crippen LogP contribution in [-0.2, 0) is 11.2 Å². The van der Waals surface area contributed by atoms with Crippen LogP contribution in [0.15, 0.2) is 71.3 Å². The van der Waals surface area contributed by atoms with Crippen molar-refractivity contribution in [2.75, 3.05) is 5.32 Å². The highest BCUT2D eigenvalue weighted by atomic mass is 79.9. The van der Waals surface area contributed by atoms with E-state index in [-0.39, 0.29) is 18.1 Å². The standard InChI is InChI=1S/C22H18BrFN6O2/c1-14-27-28-29-30(14)20(11-15-4-2-6-17(24)10-15)22(31)26-18-8-9-21(25-13-18)32-19-7-3-5-16(23)12-19/h2-10,12-13,20H,11H2,1H3,(H,26,31). The van der Waals surface area contributed by atoms with Gasteiger partial charge in [0.05, 0.1) is 11.9 Å². The molecule has 0 aliphatic rings. The summed E-state index contributed by atoms with van der Waals surface area (Å²) in [6, 6.07) is 16.0. The monoisotopic (exact) mass is 496 g/mol. The first-order valence-electron chi connectivity index (χ1n) is 9.67. The lowest BCUT2D eigenvalue weighted by molar-refractivity contribution is -0.119. The van der Waals surface area contributed by atoms with Crippen molar-refractivity contribution in [1.29, 1.82) is 0 Å². The second-order valence-electron chi connectivity index (χ2n) is 6.95. The fourth-order valence-electron chi connectivity index (χ4n) is 3.10. The molecule has 0 bridgehead atoms. The van der Waals surface area contributed by atoms with E-state index in [2.05, 4.69) is 41.8 Å². The van der Waals surface area contributed by atoms with E-state index in [0.717, 1.165) is 4.47 Å². The van der Waals surface area contributed by atoms with Gasteiger partial charge in [-0.25, -0.2) is 14.1 Å². The average molecular weight is 497 g/mol. The Morgan fingerprint density at radius 2 is 2.03 bits per heavy atom. The molecule has 1 unspecified atom stereocenters. The number of anilines is 1. The minimum absolute atomic E-state index is 0.215. The van der Waals surface area contributed by atoms with Gasteiger partial charge in [-0.1, -0.05) is 34.1 Å². The molecule has 0 fully saturated rings. The van der Waals surface area contributed by atoms with Gasteiger partial charge in [0.25, 0.3) is 0 Å². The lowest BCUT2D eigenvalue weighted by Crippen LogP contribution is -2.29. The van der Waals surface area contributed by atoms with Crippen LogP contribution in [-0.4, -0.2) is 31.1 Å². The van der Waals surface area contributed by atoms with Crippen molar-refractivity contribution < 1.29 is 13.9 Å². The third-order valence-electron chi connectivity index (χ3n) is 4.60. The van der Waals surface area contributed by atoms with E-state index in [1.807, 2.05) is 24.3 Å². The van der Waals surface area contributed by atoms with Crippen LogP contribution in [0.25, 0.3) is 0 Å². The number of hydrogen-bond donors (Lipinski definition) is 1. The topological polar surface area (TPSA) is 94.8 Å². The highest BCUT2D eigenvalue weighted by Gasteiger charge is 2.24. The summed E-state index contributed by atoms with van der Waals surface area (Å²) in [7, 11) is 0. The quantitative estimate of drug-likeness (QED) is 0.404. The summed E-state index contributed by atoms with van der Waals surface area (Å²) in [5.74, 6) is 0.756. The molecule has 0 aliphatic heterocycles. The fourth-order valence-corrected chi connectivity index (χ4v) is 3.47. The predicted octanol–water partition coefficient (Wildman–Crippen LogP) is 4.49. The number of pyridine rings is 1. The van der Waals surface area contributed by atoms with Crippen molar-refractivity contribution in [2.45, 2.75) is 19.4 Å². The summed E-state index contributed by atoms with van der Waals surface area (Å²) < 4.78 is 21.6. The average Bonchev–Trinajstić information content (AvgIpc) is 3.19. The summed E-state index contributed by atoms with van der Waals surface area (Å²) >= 11 is 3.39. The number of aromatic nitrogens is 5. The number of halogens is 2. The number of ether oxygens (including phenoxy) is 1. The Balaban J connectivity index is 1.49. The normalized spacial score (nSPS) is 11.7. The maximum atomic E-state index is 13.6. The first-order chi connectivity index (χ1) is 15.5. The number of amides is 1. The zero-order chi connectivity index (χ0) is 22.5. The van der Waals surface area contributed by atoms with Gasteiger partial charge in [-0.05, 0) is 59.3 Å². The van der Waals surface area contributed by atoms with Crippen molar-refractivity contribution in [1.82, 2.24) is 25.2 Å². The third kappa shape index (κ3) is 5.33. The number of carbonyl (C=O) groups is 1. The highest BCUT2D eigenvalue weighted by molar-refractivity contribution is 9.10. The molecule has 32 heavy (non-hydrogen) atoms. The molecule has 2 aromatic heterocycles. The number of aryl methyl sites for hydroxylation is 1. The molecule has 0 saturated carbocycles. The second kappa shape index (κ2) is 9.65. The van der Waals surface area contributed by atoms with Crippen LogP contribution in [0.5, 0.6) is 11.6 Å². The molecule has 1 atom stereocenters. The Morgan fingerprint density at radius 1 is 1.19 bits per heavy atom. The molecular formula is C22H18BrFN6O2. The number of rotatable bonds is 7. The zero-order valence-electron chi connectivity index (χ0n) is 16.9. The number of tetrazole rings is 1. The van der Waals surface area contributed by atoms with Crippen molar-refractivity contribution in [3.63, 3.8) is 0 Å². The van der Waals surface area contributed by atoms with E-state index in [4.69, 9.17) is 4.74 Å². The zero-order valence-corrected chi connectivity index (χ0v) is 18.5. The minimum Gasteiger partial charge on any atom is -0.439 e. The van der Waals surface area contributed by atoms with Gasteiger partial charge in [0, 0.05) is 17.0 Å². The molecule has 0 spiro atoms. The lowest BCUT2D eigenvalue weighted by atomic mass is 10.0. The first-order valence-corrected chi connectivity index (χ1v) is 10.5. The van der Waals surface area contributed by atoms with Crippen LogP contribution in [0.3, 0.4) is 0 Å². The van der Waals surface area contributed by atoms with Gasteiger partial charge < -0.3 is 10.1 Å². The highest BCUT2D eigenvalue weighted by Crippen LogP contribution is 2.24. The molecule has 162 valence electrons. The molecule has 4 rings (SSSR count). The van der Waals surface area contributed by atoms with Crippen LogP contribution in [0.2, 0.25) is 0 Å². The summed E-state index contributed by atoms with van der Waals surface area (Å²) in [4.78, 5) is 17.3. The van der Waals surface area contributed by atoms with E-state index in [1.165, 1.54) is 23.0 Å². The van der Waals surface area contributed by atoms with E-state index in [1.54, 1.807) is 31.2 Å². The number of nitrogens with zero attached hydrogens (tertiary/aromatic N) is 5. The molecule has 0 aliphatic carbocycles. The molecule has 0 radical (unpaired) electrons. The van der Waals surface area contributed by atoms with E-state index in [9.17, 15) is 9.18 Å². The summed E-state index contributed by atoms with van der Waals surface area (Å²) in [6.45, 7) is 1.70. The summed E-state index contributed by atoms with van der Waals surface area (Å²) in [6.07, 6.45) is 1.71. The van der Waals surface area contributed by atoms with Crippen molar-refractivity contribution >= 4 is 27.5 Å². The van der Waals surface area contributed by atoms with Gasteiger partial charge >= 0.3 is 0 Å². The van der Waals surface area contributed by atoms with Crippen LogP contribution in [0, 0.1) is 12.7 Å². The Morgan fingerprint density at radius 3 is 2.72 bits per heavy atom. The second-order valence-corrected chi connectivity index (χ2v) is 7.87. The SMILES string of the molecule is Cc1nnnn1C(Cc1cccc(F)c1)C(=O)Nc1ccc(Oc2cccc(Br)c2)nc1.